The summed E-state index contributed by atoms with van der Waals surface area (Å²) in [5.41, 5.74) is 11.4. The van der Waals surface area contributed by atoms with Gasteiger partial charge in [-0.2, -0.15) is 11.8 Å². The molecule has 0 bridgehead atoms. The van der Waals surface area contributed by atoms with Gasteiger partial charge in [0.1, 0.15) is 32.8 Å². The number of nitrogen functional groups attached to an aromatic ring is 1. The summed E-state index contributed by atoms with van der Waals surface area (Å²) in [6, 6.07) is 3.46. The van der Waals surface area contributed by atoms with E-state index < -0.39 is 34.9 Å². The highest BCUT2D eigenvalue weighted by molar-refractivity contribution is 8.07. The summed E-state index contributed by atoms with van der Waals surface area (Å²) in [7, 11) is 0. The number of carbonyl (C=O) groups is 3. The molecule has 2 amide bonds. The van der Waals surface area contributed by atoms with Crippen LogP contribution >= 0.6 is 46.8 Å². The summed E-state index contributed by atoms with van der Waals surface area (Å²) in [5.74, 6) is -0.908. The molecule has 2 atom stereocenters. The van der Waals surface area contributed by atoms with Crippen LogP contribution in [-0.2, 0) is 20.1 Å². The summed E-state index contributed by atoms with van der Waals surface area (Å²) in [4.78, 5) is 43.4. The number of amides is 2. The molecule has 13 nitrogen and oxygen atoms in total. The SMILES string of the molecule is NCCSCc1nnsc1SC1=C(C(=O)O)N2C(=O)[C@@H](NC(=O)/C(=N\O)c3cccc(N)n3)[C@@H]2SC1. The molecule has 2 aliphatic heterocycles. The summed E-state index contributed by atoms with van der Waals surface area (Å²) < 4.78 is 4.73. The van der Waals surface area contributed by atoms with Gasteiger partial charge in [-0.25, -0.2) is 9.78 Å². The van der Waals surface area contributed by atoms with Gasteiger partial charge in [0.15, 0.2) is 5.71 Å². The number of aromatic nitrogens is 3. The fourth-order valence-corrected chi connectivity index (χ4v) is 7.65. The van der Waals surface area contributed by atoms with Crippen molar-refractivity contribution < 1.29 is 24.7 Å². The molecular weight excluding hydrogens is 549 g/mol. The topological polar surface area (TPSA) is 210 Å². The molecule has 2 aliphatic rings. The fourth-order valence-electron chi connectivity index (χ4n) is 3.40. The number of nitrogens with one attached hydrogen (secondary N) is 1. The Morgan fingerprint density at radius 1 is 1.36 bits per heavy atom. The Kier molecular flexibility index (Phi) is 8.35. The number of fused-ring (bicyclic) bond motifs is 1. The van der Waals surface area contributed by atoms with E-state index in [-0.39, 0.29) is 17.2 Å². The van der Waals surface area contributed by atoms with Gasteiger partial charge in [0.25, 0.3) is 11.8 Å². The van der Waals surface area contributed by atoms with Crippen LogP contribution in [0, 0.1) is 0 Å². The number of pyridine rings is 1. The van der Waals surface area contributed by atoms with E-state index in [9.17, 15) is 24.7 Å². The van der Waals surface area contributed by atoms with E-state index in [1.807, 2.05) is 0 Å². The summed E-state index contributed by atoms with van der Waals surface area (Å²) >= 11 is 5.30. The van der Waals surface area contributed by atoms with Crippen LogP contribution < -0.4 is 16.8 Å². The predicted molar refractivity (Wildman–Crippen MR) is 138 cm³/mol. The molecule has 1 saturated heterocycles. The minimum atomic E-state index is -1.25. The lowest BCUT2D eigenvalue weighted by atomic mass is 10.0. The Bertz CT molecular complexity index is 1250. The van der Waals surface area contributed by atoms with Gasteiger partial charge < -0.3 is 27.1 Å². The molecule has 36 heavy (non-hydrogen) atoms. The number of rotatable bonds is 10. The number of hydrogen-bond acceptors (Lipinski definition) is 14. The van der Waals surface area contributed by atoms with Gasteiger partial charge in [-0.05, 0) is 23.7 Å². The molecule has 2 aromatic rings. The van der Waals surface area contributed by atoms with Crippen molar-refractivity contribution in [1.29, 1.82) is 0 Å². The van der Waals surface area contributed by atoms with Crippen molar-refractivity contribution in [2.45, 2.75) is 21.4 Å². The number of hydrogen-bond donors (Lipinski definition) is 5. The summed E-state index contributed by atoms with van der Waals surface area (Å²) in [6.45, 7) is 0.535. The maximum atomic E-state index is 13.0. The maximum absolute atomic E-state index is 13.0. The Labute approximate surface area is 221 Å². The quantitative estimate of drug-likeness (QED) is 0.0863. The van der Waals surface area contributed by atoms with E-state index in [1.165, 1.54) is 41.7 Å². The van der Waals surface area contributed by atoms with E-state index in [1.54, 1.807) is 11.8 Å². The maximum Gasteiger partial charge on any atom is 0.353 e. The smallest absolute Gasteiger partial charge is 0.353 e. The van der Waals surface area contributed by atoms with E-state index in [0.29, 0.717) is 23.0 Å². The van der Waals surface area contributed by atoms with Crippen molar-refractivity contribution in [2.75, 3.05) is 23.8 Å². The van der Waals surface area contributed by atoms with Gasteiger partial charge in [0.2, 0.25) is 0 Å². The highest BCUT2D eigenvalue weighted by Gasteiger charge is 2.54. The monoisotopic (exact) mass is 568 g/mol. The third-order valence-electron chi connectivity index (χ3n) is 4.99. The molecular formula is C19H20N8O5S4. The zero-order chi connectivity index (χ0) is 25.8. The van der Waals surface area contributed by atoms with Gasteiger partial charge in [-0.1, -0.05) is 27.5 Å². The van der Waals surface area contributed by atoms with Gasteiger partial charge >= 0.3 is 5.97 Å². The van der Waals surface area contributed by atoms with E-state index in [0.717, 1.165) is 32.1 Å². The number of β-lactam (4-membered cyclic amide) rings is 1. The lowest BCUT2D eigenvalue weighted by Crippen LogP contribution is -2.71. The van der Waals surface area contributed by atoms with E-state index in [2.05, 4.69) is 25.0 Å². The average Bonchev–Trinajstić information content (AvgIpc) is 3.29. The van der Waals surface area contributed by atoms with Crippen molar-refractivity contribution in [3.8, 4) is 0 Å². The number of carbonyl (C=O) groups excluding carboxylic acids is 2. The van der Waals surface area contributed by atoms with Crippen LogP contribution in [0.1, 0.15) is 11.4 Å². The molecule has 0 aliphatic carbocycles. The molecule has 4 rings (SSSR count). The zero-order valence-corrected chi connectivity index (χ0v) is 21.6. The number of carboxylic acid groups (broad SMARTS) is 1. The molecule has 0 unspecified atom stereocenters. The molecule has 0 aromatic carbocycles. The van der Waals surface area contributed by atoms with Crippen molar-refractivity contribution in [3.63, 3.8) is 0 Å². The number of aliphatic carboxylic acids is 1. The number of oxime groups is 1. The van der Waals surface area contributed by atoms with Crippen LogP contribution in [0.3, 0.4) is 0 Å². The highest BCUT2D eigenvalue weighted by atomic mass is 32.2. The third kappa shape index (κ3) is 5.29. The average molecular weight is 569 g/mol. The number of carboxylic acids is 1. The van der Waals surface area contributed by atoms with Crippen LogP contribution in [0.4, 0.5) is 5.82 Å². The number of thioether (sulfide) groups is 3. The van der Waals surface area contributed by atoms with Crippen LogP contribution in [-0.4, -0.2) is 82.7 Å². The Balaban J connectivity index is 1.50. The standard InChI is InChI=1S/C19H20N8O5S4/c20-4-5-33-6-9-19(36-26-24-9)35-10-7-34-17-13(16(29)27(17)14(10)18(30)31)23-15(28)12(25-32)8-2-1-3-11(21)22-8/h1-3,13,17,32H,4-7,20H2,(H2,21,22)(H,23,28)(H,30,31)/b25-12-/t13-,17+/m1/s1. The molecule has 190 valence electrons. The molecule has 17 heteroatoms. The molecule has 1 fully saturated rings. The lowest BCUT2D eigenvalue weighted by molar-refractivity contribution is -0.150. The first-order chi connectivity index (χ1) is 17.3. The van der Waals surface area contributed by atoms with Crippen LogP contribution in [0.2, 0.25) is 0 Å². The second-order valence-corrected chi connectivity index (χ2v) is 11.6. The fraction of sp³-hybridized carbons (Fsp3) is 0.316. The zero-order valence-electron chi connectivity index (χ0n) is 18.4. The highest BCUT2D eigenvalue weighted by Crippen LogP contribution is 2.46. The molecule has 0 saturated carbocycles. The molecule has 2 aromatic heterocycles. The molecule has 4 heterocycles. The van der Waals surface area contributed by atoms with Crippen molar-refractivity contribution in [3.05, 3.63) is 40.2 Å². The van der Waals surface area contributed by atoms with Gasteiger partial charge in [-0.3, -0.25) is 14.5 Å². The minimum absolute atomic E-state index is 0.0262. The van der Waals surface area contributed by atoms with Gasteiger partial charge in [0.05, 0.1) is 5.69 Å². The number of nitrogens with two attached hydrogens (primary N) is 2. The molecule has 7 N–H and O–H groups in total. The van der Waals surface area contributed by atoms with Crippen LogP contribution in [0.15, 0.2) is 38.2 Å². The van der Waals surface area contributed by atoms with Gasteiger partial charge in [0, 0.05) is 28.7 Å². The van der Waals surface area contributed by atoms with Crippen LogP contribution in [0.5, 0.6) is 0 Å². The lowest BCUT2D eigenvalue weighted by Gasteiger charge is -2.49. The Morgan fingerprint density at radius 2 is 2.17 bits per heavy atom. The van der Waals surface area contributed by atoms with Crippen molar-refractivity contribution >= 4 is 76.1 Å². The molecule has 0 radical (unpaired) electrons. The Hall–Kier alpha value is -2.86. The first kappa shape index (κ1) is 26.2. The second kappa shape index (κ2) is 11.5. The van der Waals surface area contributed by atoms with E-state index in [4.69, 9.17) is 11.5 Å². The Morgan fingerprint density at radius 3 is 2.86 bits per heavy atom. The van der Waals surface area contributed by atoms with Crippen molar-refractivity contribution in [2.24, 2.45) is 10.9 Å². The third-order valence-corrected chi connectivity index (χ3v) is 9.50. The number of anilines is 1. The first-order valence-electron chi connectivity index (χ1n) is 10.3. The normalized spacial score (nSPS) is 19.6. The summed E-state index contributed by atoms with van der Waals surface area (Å²) in [6.07, 6.45) is 0. The van der Waals surface area contributed by atoms with Gasteiger partial charge in [-0.15, -0.1) is 16.9 Å². The predicted octanol–water partition coefficient (Wildman–Crippen LogP) is 0.374. The largest absolute Gasteiger partial charge is 0.477 e. The molecule has 0 spiro atoms. The first-order valence-corrected chi connectivity index (χ1v) is 14.1. The minimum Gasteiger partial charge on any atom is -0.477 e. The van der Waals surface area contributed by atoms with Crippen molar-refractivity contribution in [1.82, 2.24) is 24.8 Å². The second-order valence-electron chi connectivity index (χ2n) is 7.28. The number of nitrogens with zero attached hydrogens (tertiary/aromatic N) is 5. The summed E-state index contributed by atoms with van der Waals surface area (Å²) in [5, 5.41) is 28.3. The van der Waals surface area contributed by atoms with Crippen LogP contribution in [0.25, 0.3) is 0 Å². The van der Waals surface area contributed by atoms with E-state index >= 15 is 0 Å².